The van der Waals surface area contributed by atoms with Gasteiger partial charge in [0.1, 0.15) is 4.88 Å². The number of thiophene rings is 1. The second-order valence-corrected chi connectivity index (χ2v) is 6.64. The van der Waals surface area contributed by atoms with Crippen molar-refractivity contribution in [1.29, 1.82) is 0 Å². The molecule has 0 aliphatic carbocycles. The third kappa shape index (κ3) is 3.09. The quantitative estimate of drug-likeness (QED) is 0.715. The number of rotatable bonds is 4. The van der Waals surface area contributed by atoms with Gasteiger partial charge in [-0.2, -0.15) is 0 Å². The minimum absolute atomic E-state index is 0.383. The smallest absolute Gasteiger partial charge is 0.345 e. The average molecular weight is 315 g/mol. The van der Waals surface area contributed by atoms with E-state index in [2.05, 4.69) is 17.1 Å². The minimum atomic E-state index is -0.864. The Labute approximate surface area is 130 Å². The fourth-order valence-corrected chi connectivity index (χ4v) is 4.04. The van der Waals surface area contributed by atoms with Crippen LogP contribution in [-0.2, 0) is 5.75 Å². The molecule has 1 aromatic carbocycles. The highest BCUT2D eigenvalue weighted by Gasteiger charge is 2.09. The maximum absolute atomic E-state index is 10.9. The van der Waals surface area contributed by atoms with Gasteiger partial charge in [-0.15, -0.1) is 23.1 Å². The van der Waals surface area contributed by atoms with E-state index in [-0.39, 0.29) is 0 Å². The molecule has 21 heavy (non-hydrogen) atoms. The van der Waals surface area contributed by atoms with Gasteiger partial charge in [0.2, 0.25) is 0 Å². The average Bonchev–Trinajstić information content (AvgIpc) is 2.93. The van der Waals surface area contributed by atoms with E-state index in [4.69, 9.17) is 5.11 Å². The van der Waals surface area contributed by atoms with Crippen molar-refractivity contribution in [3.8, 4) is 0 Å². The van der Waals surface area contributed by atoms with Crippen molar-refractivity contribution in [2.45, 2.75) is 17.6 Å². The molecule has 3 aromatic rings. The lowest BCUT2D eigenvalue weighted by atomic mass is 10.1. The number of nitrogens with zero attached hydrogens (tertiary/aromatic N) is 1. The summed E-state index contributed by atoms with van der Waals surface area (Å²) >= 11 is 2.92. The van der Waals surface area contributed by atoms with Crippen molar-refractivity contribution in [1.82, 2.24) is 4.98 Å². The molecule has 0 bridgehead atoms. The van der Waals surface area contributed by atoms with E-state index in [9.17, 15) is 4.79 Å². The third-order valence-electron chi connectivity index (χ3n) is 3.11. The number of hydrogen-bond acceptors (Lipinski definition) is 4. The Bertz CT molecular complexity index is 811. The Hall–Kier alpha value is -1.85. The molecule has 2 heterocycles. The first kappa shape index (κ1) is 14.1. The summed E-state index contributed by atoms with van der Waals surface area (Å²) < 4.78 is 0. The first-order valence-corrected chi connectivity index (χ1v) is 8.30. The van der Waals surface area contributed by atoms with Gasteiger partial charge in [-0.1, -0.05) is 18.2 Å². The Morgan fingerprint density at radius 1 is 1.33 bits per heavy atom. The van der Waals surface area contributed by atoms with Gasteiger partial charge in [-0.25, -0.2) is 4.79 Å². The number of aryl methyl sites for hydroxylation is 1. The molecule has 2 aromatic heterocycles. The highest BCUT2D eigenvalue weighted by Crippen LogP contribution is 2.30. The van der Waals surface area contributed by atoms with Crippen molar-refractivity contribution in [3.05, 3.63) is 57.9 Å². The zero-order chi connectivity index (χ0) is 14.8. The van der Waals surface area contributed by atoms with E-state index in [0.29, 0.717) is 4.88 Å². The minimum Gasteiger partial charge on any atom is -0.477 e. The van der Waals surface area contributed by atoms with Gasteiger partial charge < -0.3 is 5.11 Å². The van der Waals surface area contributed by atoms with E-state index in [1.165, 1.54) is 16.9 Å². The Balaban J connectivity index is 1.86. The van der Waals surface area contributed by atoms with Crippen LogP contribution in [0.4, 0.5) is 0 Å². The first-order chi connectivity index (χ1) is 10.1. The van der Waals surface area contributed by atoms with E-state index in [1.807, 2.05) is 30.5 Å². The molecule has 0 spiro atoms. The van der Waals surface area contributed by atoms with Crippen LogP contribution in [0.2, 0.25) is 0 Å². The number of thioether (sulfide) groups is 1. The van der Waals surface area contributed by atoms with Crippen LogP contribution in [0.5, 0.6) is 0 Å². The molecule has 0 aliphatic rings. The number of para-hydroxylation sites is 1. The molecule has 0 aliphatic heterocycles. The summed E-state index contributed by atoms with van der Waals surface area (Å²) in [6.45, 7) is 1.99. The Morgan fingerprint density at radius 2 is 2.14 bits per heavy atom. The number of aromatic carboxylic acids is 1. The van der Waals surface area contributed by atoms with E-state index in [1.54, 1.807) is 17.8 Å². The fraction of sp³-hybridized carbons (Fsp3) is 0.125. The van der Waals surface area contributed by atoms with Crippen LogP contribution in [0.3, 0.4) is 0 Å². The second-order valence-electron chi connectivity index (χ2n) is 4.68. The normalized spacial score (nSPS) is 10.9. The van der Waals surface area contributed by atoms with Crippen LogP contribution >= 0.6 is 23.1 Å². The summed E-state index contributed by atoms with van der Waals surface area (Å²) in [7, 11) is 0. The summed E-state index contributed by atoms with van der Waals surface area (Å²) in [5.41, 5.74) is 3.23. The highest BCUT2D eigenvalue weighted by atomic mass is 32.2. The van der Waals surface area contributed by atoms with Gasteiger partial charge >= 0.3 is 5.97 Å². The highest BCUT2D eigenvalue weighted by molar-refractivity contribution is 7.98. The Kier molecular flexibility index (Phi) is 3.94. The van der Waals surface area contributed by atoms with Crippen LogP contribution in [-0.4, -0.2) is 16.1 Å². The molecule has 3 nitrogen and oxygen atoms in total. The second kappa shape index (κ2) is 5.87. The van der Waals surface area contributed by atoms with Gasteiger partial charge in [-0.05, 0) is 30.7 Å². The lowest BCUT2D eigenvalue weighted by Crippen LogP contribution is -1.91. The summed E-state index contributed by atoms with van der Waals surface area (Å²) in [4.78, 5) is 16.8. The van der Waals surface area contributed by atoms with Gasteiger partial charge in [0, 0.05) is 27.1 Å². The molecule has 1 N–H and O–H groups in total. The molecule has 0 unspecified atom stereocenters. The van der Waals surface area contributed by atoms with Gasteiger partial charge in [0.15, 0.2) is 0 Å². The number of carbonyl (C=O) groups is 1. The standard InChI is InChI=1S/C16H13NO2S2/c1-10-6-11(13-4-2-3-5-14(13)17-10)8-20-12-7-15(16(18)19)21-9-12/h2-7,9H,8H2,1H3,(H,18,19). The molecule has 3 rings (SSSR count). The molecule has 0 fully saturated rings. The lowest BCUT2D eigenvalue weighted by molar-refractivity contribution is 0.0702. The molecular weight excluding hydrogens is 302 g/mol. The van der Waals surface area contributed by atoms with Gasteiger partial charge in [0.05, 0.1) is 5.52 Å². The maximum atomic E-state index is 10.9. The maximum Gasteiger partial charge on any atom is 0.345 e. The monoisotopic (exact) mass is 315 g/mol. The van der Waals surface area contributed by atoms with Crippen molar-refractivity contribution in [2.75, 3.05) is 0 Å². The number of pyridine rings is 1. The number of carboxylic acid groups (broad SMARTS) is 1. The molecule has 106 valence electrons. The van der Waals surface area contributed by atoms with Gasteiger partial charge in [-0.3, -0.25) is 4.98 Å². The van der Waals surface area contributed by atoms with Crippen LogP contribution < -0.4 is 0 Å². The summed E-state index contributed by atoms with van der Waals surface area (Å²) in [5.74, 6) is -0.0586. The number of carboxylic acids is 1. The van der Waals surface area contributed by atoms with Crippen molar-refractivity contribution in [2.24, 2.45) is 0 Å². The van der Waals surface area contributed by atoms with Crippen LogP contribution in [0.15, 0.2) is 46.7 Å². The van der Waals surface area contributed by atoms with Gasteiger partial charge in [0.25, 0.3) is 0 Å². The molecule has 5 heteroatoms. The van der Waals surface area contributed by atoms with Crippen molar-refractivity contribution >= 4 is 40.0 Å². The molecule has 0 amide bonds. The summed E-state index contributed by atoms with van der Waals surface area (Å²) in [5, 5.41) is 12.0. The van der Waals surface area contributed by atoms with E-state index in [0.717, 1.165) is 27.2 Å². The predicted molar refractivity (Wildman–Crippen MR) is 87.3 cm³/mol. The number of benzene rings is 1. The number of hydrogen-bond donors (Lipinski definition) is 1. The molecular formula is C16H13NO2S2. The fourth-order valence-electron chi connectivity index (χ4n) is 2.18. The van der Waals surface area contributed by atoms with Crippen molar-refractivity contribution < 1.29 is 9.90 Å². The summed E-state index contributed by atoms with van der Waals surface area (Å²) in [6.07, 6.45) is 0. The van der Waals surface area contributed by atoms with Crippen LogP contribution in [0.25, 0.3) is 10.9 Å². The van der Waals surface area contributed by atoms with Crippen LogP contribution in [0, 0.1) is 6.92 Å². The zero-order valence-corrected chi connectivity index (χ0v) is 13.0. The molecule has 0 atom stereocenters. The Morgan fingerprint density at radius 3 is 2.90 bits per heavy atom. The topological polar surface area (TPSA) is 50.2 Å². The lowest BCUT2D eigenvalue weighted by Gasteiger charge is -2.07. The third-order valence-corrected chi connectivity index (χ3v) is 5.20. The SMILES string of the molecule is Cc1cc(CSc2csc(C(=O)O)c2)c2ccccc2n1. The zero-order valence-electron chi connectivity index (χ0n) is 11.4. The number of fused-ring (bicyclic) bond motifs is 1. The van der Waals surface area contributed by atoms with Crippen molar-refractivity contribution in [3.63, 3.8) is 0 Å². The number of aromatic nitrogens is 1. The largest absolute Gasteiger partial charge is 0.477 e. The molecule has 0 saturated heterocycles. The van der Waals surface area contributed by atoms with Crippen LogP contribution in [0.1, 0.15) is 20.9 Å². The molecule has 0 radical (unpaired) electrons. The predicted octanol–water partition coefficient (Wildman–Crippen LogP) is 4.60. The first-order valence-electron chi connectivity index (χ1n) is 6.43. The molecule has 0 saturated carbocycles. The van der Waals surface area contributed by atoms with E-state index >= 15 is 0 Å². The van der Waals surface area contributed by atoms with E-state index < -0.39 is 5.97 Å². The summed E-state index contributed by atoms with van der Waals surface area (Å²) in [6, 6.07) is 11.9.